The Kier molecular flexibility index (Phi) is 4.08. The van der Waals surface area contributed by atoms with Crippen LogP contribution in [-0.4, -0.2) is 42.4 Å². The maximum Gasteiger partial charge on any atom is 0.240 e. The SMILES string of the molecule is CC(C)C[C@H](N)C(=O)N1CCNC(=O)C1. The second-order valence-corrected chi connectivity index (χ2v) is 4.35. The second kappa shape index (κ2) is 5.11. The van der Waals surface area contributed by atoms with E-state index in [-0.39, 0.29) is 18.4 Å². The van der Waals surface area contributed by atoms with Crippen molar-refractivity contribution < 1.29 is 9.59 Å². The van der Waals surface area contributed by atoms with Crippen molar-refractivity contribution in [1.82, 2.24) is 10.2 Å². The molecule has 0 aromatic rings. The van der Waals surface area contributed by atoms with Crippen LogP contribution in [-0.2, 0) is 9.59 Å². The van der Waals surface area contributed by atoms with Gasteiger partial charge in [0.1, 0.15) is 0 Å². The van der Waals surface area contributed by atoms with E-state index < -0.39 is 6.04 Å². The van der Waals surface area contributed by atoms with E-state index in [0.717, 1.165) is 0 Å². The molecule has 3 N–H and O–H groups in total. The molecule has 15 heavy (non-hydrogen) atoms. The normalized spacial score (nSPS) is 18.9. The predicted octanol–water partition coefficient (Wildman–Crippen LogP) is -0.682. The summed E-state index contributed by atoms with van der Waals surface area (Å²) in [5.41, 5.74) is 5.77. The minimum absolute atomic E-state index is 0.105. The molecule has 0 saturated carbocycles. The fraction of sp³-hybridized carbons (Fsp3) is 0.800. The average molecular weight is 213 g/mol. The standard InChI is InChI=1S/C10H19N3O2/c1-7(2)5-8(11)10(15)13-4-3-12-9(14)6-13/h7-8H,3-6,11H2,1-2H3,(H,12,14)/t8-/m0/s1. The highest BCUT2D eigenvalue weighted by molar-refractivity contribution is 5.88. The summed E-state index contributed by atoms with van der Waals surface area (Å²) < 4.78 is 0. The highest BCUT2D eigenvalue weighted by Crippen LogP contribution is 2.06. The van der Waals surface area contributed by atoms with Crippen molar-refractivity contribution in [3.05, 3.63) is 0 Å². The molecule has 86 valence electrons. The Balaban J connectivity index is 2.48. The van der Waals surface area contributed by atoms with Crippen LogP contribution in [0.1, 0.15) is 20.3 Å². The summed E-state index contributed by atoms with van der Waals surface area (Å²) in [6, 6.07) is -0.476. The van der Waals surface area contributed by atoms with E-state index in [9.17, 15) is 9.59 Å². The van der Waals surface area contributed by atoms with Crippen molar-refractivity contribution in [3.8, 4) is 0 Å². The van der Waals surface area contributed by atoms with Gasteiger partial charge in [0.25, 0.3) is 0 Å². The zero-order chi connectivity index (χ0) is 11.4. The number of rotatable bonds is 3. The summed E-state index contributed by atoms with van der Waals surface area (Å²) in [5, 5.41) is 2.67. The Morgan fingerprint density at radius 1 is 1.60 bits per heavy atom. The van der Waals surface area contributed by atoms with Gasteiger partial charge in [-0.3, -0.25) is 9.59 Å². The molecule has 1 atom stereocenters. The van der Waals surface area contributed by atoms with Crippen LogP contribution in [0.3, 0.4) is 0 Å². The molecule has 0 spiro atoms. The van der Waals surface area contributed by atoms with E-state index >= 15 is 0 Å². The van der Waals surface area contributed by atoms with Crippen LogP contribution in [0.25, 0.3) is 0 Å². The summed E-state index contributed by atoms with van der Waals surface area (Å²) >= 11 is 0. The Bertz CT molecular complexity index is 253. The smallest absolute Gasteiger partial charge is 0.240 e. The van der Waals surface area contributed by atoms with Gasteiger partial charge in [-0.2, -0.15) is 0 Å². The number of piperazine rings is 1. The highest BCUT2D eigenvalue weighted by Gasteiger charge is 2.25. The molecular formula is C10H19N3O2. The Labute approximate surface area is 90.0 Å². The third kappa shape index (κ3) is 3.51. The average Bonchev–Trinajstić information content (AvgIpc) is 2.15. The van der Waals surface area contributed by atoms with Crippen LogP contribution in [0.5, 0.6) is 0 Å². The molecule has 5 heteroatoms. The van der Waals surface area contributed by atoms with Crippen LogP contribution in [0.4, 0.5) is 0 Å². The molecule has 0 aromatic heterocycles. The third-order valence-corrected chi connectivity index (χ3v) is 2.39. The zero-order valence-electron chi connectivity index (χ0n) is 9.32. The van der Waals surface area contributed by atoms with Crippen LogP contribution < -0.4 is 11.1 Å². The number of amides is 2. The van der Waals surface area contributed by atoms with Crippen LogP contribution in [0, 0.1) is 5.92 Å². The van der Waals surface area contributed by atoms with Crippen molar-refractivity contribution in [1.29, 1.82) is 0 Å². The van der Waals surface area contributed by atoms with Crippen molar-refractivity contribution in [2.75, 3.05) is 19.6 Å². The Hall–Kier alpha value is -1.10. The van der Waals surface area contributed by atoms with E-state index in [0.29, 0.717) is 25.4 Å². The first kappa shape index (κ1) is 12.0. The Morgan fingerprint density at radius 3 is 2.80 bits per heavy atom. The van der Waals surface area contributed by atoms with Gasteiger partial charge in [-0.25, -0.2) is 0 Å². The molecule has 1 aliphatic heterocycles. The first-order chi connectivity index (χ1) is 7.00. The molecule has 0 unspecified atom stereocenters. The van der Waals surface area contributed by atoms with E-state index in [2.05, 4.69) is 5.32 Å². The number of hydrogen-bond acceptors (Lipinski definition) is 3. The van der Waals surface area contributed by atoms with Gasteiger partial charge in [0, 0.05) is 13.1 Å². The van der Waals surface area contributed by atoms with Gasteiger partial charge in [-0.1, -0.05) is 13.8 Å². The van der Waals surface area contributed by atoms with E-state index in [1.54, 1.807) is 0 Å². The Morgan fingerprint density at radius 2 is 2.27 bits per heavy atom. The first-order valence-electron chi connectivity index (χ1n) is 5.31. The second-order valence-electron chi connectivity index (χ2n) is 4.35. The van der Waals surface area contributed by atoms with E-state index in [4.69, 9.17) is 5.73 Å². The van der Waals surface area contributed by atoms with Gasteiger partial charge in [0.15, 0.2) is 0 Å². The molecule has 1 rings (SSSR count). The largest absolute Gasteiger partial charge is 0.353 e. The van der Waals surface area contributed by atoms with Gasteiger partial charge in [-0.05, 0) is 12.3 Å². The number of nitrogens with zero attached hydrogens (tertiary/aromatic N) is 1. The minimum Gasteiger partial charge on any atom is -0.353 e. The number of nitrogens with one attached hydrogen (secondary N) is 1. The molecule has 1 fully saturated rings. The maximum atomic E-state index is 11.8. The number of carbonyl (C=O) groups excluding carboxylic acids is 2. The van der Waals surface area contributed by atoms with Crippen LogP contribution >= 0.6 is 0 Å². The van der Waals surface area contributed by atoms with Crippen LogP contribution in [0.15, 0.2) is 0 Å². The fourth-order valence-corrected chi connectivity index (χ4v) is 1.67. The lowest BCUT2D eigenvalue weighted by Crippen LogP contribution is -2.54. The quantitative estimate of drug-likeness (QED) is 0.652. The van der Waals surface area contributed by atoms with Crippen molar-refractivity contribution in [2.45, 2.75) is 26.3 Å². The summed E-state index contributed by atoms with van der Waals surface area (Å²) in [6.07, 6.45) is 0.664. The van der Waals surface area contributed by atoms with Gasteiger partial charge >= 0.3 is 0 Å². The van der Waals surface area contributed by atoms with Gasteiger partial charge in [0.05, 0.1) is 12.6 Å². The summed E-state index contributed by atoms with van der Waals surface area (Å²) in [4.78, 5) is 24.4. The zero-order valence-corrected chi connectivity index (χ0v) is 9.32. The molecule has 0 radical (unpaired) electrons. The molecular weight excluding hydrogens is 194 g/mol. The lowest BCUT2D eigenvalue weighted by Gasteiger charge is -2.29. The monoisotopic (exact) mass is 213 g/mol. The topological polar surface area (TPSA) is 75.4 Å². The molecule has 1 aliphatic rings. The molecule has 0 bridgehead atoms. The highest BCUT2D eigenvalue weighted by atomic mass is 16.2. The van der Waals surface area contributed by atoms with Crippen molar-refractivity contribution in [2.24, 2.45) is 11.7 Å². The van der Waals surface area contributed by atoms with E-state index in [1.165, 1.54) is 4.90 Å². The predicted molar refractivity (Wildman–Crippen MR) is 57.0 cm³/mol. The number of hydrogen-bond donors (Lipinski definition) is 2. The number of carbonyl (C=O) groups is 2. The van der Waals surface area contributed by atoms with Crippen LogP contribution in [0.2, 0.25) is 0 Å². The van der Waals surface area contributed by atoms with E-state index in [1.807, 2.05) is 13.8 Å². The first-order valence-corrected chi connectivity index (χ1v) is 5.31. The summed E-state index contributed by atoms with van der Waals surface area (Å²) in [7, 11) is 0. The number of nitrogens with two attached hydrogens (primary N) is 1. The van der Waals surface area contributed by atoms with Gasteiger partial charge < -0.3 is 16.0 Å². The molecule has 2 amide bonds. The molecule has 0 aromatic carbocycles. The molecule has 5 nitrogen and oxygen atoms in total. The third-order valence-electron chi connectivity index (χ3n) is 2.39. The fourth-order valence-electron chi connectivity index (χ4n) is 1.67. The molecule has 0 aliphatic carbocycles. The van der Waals surface area contributed by atoms with Crippen molar-refractivity contribution >= 4 is 11.8 Å². The summed E-state index contributed by atoms with van der Waals surface area (Å²) in [5.74, 6) is 0.174. The van der Waals surface area contributed by atoms with Gasteiger partial charge in [0.2, 0.25) is 11.8 Å². The van der Waals surface area contributed by atoms with Crippen molar-refractivity contribution in [3.63, 3.8) is 0 Å². The lowest BCUT2D eigenvalue weighted by molar-refractivity contribution is -0.139. The maximum absolute atomic E-state index is 11.8. The lowest BCUT2D eigenvalue weighted by atomic mass is 10.0. The minimum atomic E-state index is -0.476. The molecule has 1 saturated heterocycles. The summed E-state index contributed by atoms with van der Waals surface area (Å²) in [6.45, 7) is 5.28. The molecule has 1 heterocycles. The van der Waals surface area contributed by atoms with Gasteiger partial charge in [-0.15, -0.1) is 0 Å².